The summed E-state index contributed by atoms with van der Waals surface area (Å²) in [6, 6.07) is 10.2. The fraction of sp³-hybridized carbons (Fsp3) is 0.176. The molecule has 0 bridgehead atoms. The van der Waals surface area contributed by atoms with Gasteiger partial charge in [0.1, 0.15) is 17.7 Å². The van der Waals surface area contributed by atoms with Gasteiger partial charge in [-0.1, -0.05) is 0 Å². The summed E-state index contributed by atoms with van der Waals surface area (Å²) in [5.41, 5.74) is 3.36. The van der Waals surface area contributed by atoms with Crippen molar-refractivity contribution < 1.29 is 4.74 Å². The molecule has 4 nitrogen and oxygen atoms in total. The van der Waals surface area contributed by atoms with E-state index in [2.05, 4.69) is 29.0 Å². The Hall–Kier alpha value is -2.62. The molecule has 3 aromatic rings. The lowest BCUT2D eigenvalue weighted by molar-refractivity contribution is 0.254. The summed E-state index contributed by atoms with van der Waals surface area (Å²) in [4.78, 5) is 8.68. The van der Waals surface area contributed by atoms with Crippen LogP contribution in [0.5, 0.6) is 5.75 Å². The number of rotatable bonds is 2. The minimum Gasteiger partial charge on any atom is -0.490 e. The SMILES string of the molecule is C[C@@H]1Cc2cc(-c3nccn3-c3cccnc3)ccc2O1. The van der Waals surface area contributed by atoms with E-state index in [-0.39, 0.29) is 6.10 Å². The summed E-state index contributed by atoms with van der Waals surface area (Å²) < 4.78 is 7.81. The van der Waals surface area contributed by atoms with E-state index in [1.807, 2.05) is 41.4 Å². The Kier molecular flexibility index (Phi) is 2.74. The molecule has 1 aliphatic rings. The largest absolute Gasteiger partial charge is 0.490 e. The molecule has 1 atom stereocenters. The first kappa shape index (κ1) is 12.1. The molecule has 1 aliphatic heterocycles. The van der Waals surface area contributed by atoms with E-state index in [4.69, 9.17) is 4.74 Å². The van der Waals surface area contributed by atoms with Crippen molar-refractivity contribution in [2.75, 3.05) is 0 Å². The molecule has 104 valence electrons. The summed E-state index contributed by atoms with van der Waals surface area (Å²) >= 11 is 0. The van der Waals surface area contributed by atoms with Gasteiger partial charge in [-0.2, -0.15) is 0 Å². The highest BCUT2D eigenvalue weighted by atomic mass is 16.5. The van der Waals surface area contributed by atoms with E-state index in [1.54, 1.807) is 6.20 Å². The number of ether oxygens (including phenoxy) is 1. The Labute approximate surface area is 123 Å². The summed E-state index contributed by atoms with van der Waals surface area (Å²) in [5.74, 6) is 1.91. The van der Waals surface area contributed by atoms with Crippen molar-refractivity contribution >= 4 is 0 Å². The van der Waals surface area contributed by atoms with Crippen LogP contribution in [0, 0.1) is 0 Å². The zero-order valence-corrected chi connectivity index (χ0v) is 11.7. The van der Waals surface area contributed by atoms with Gasteiger partial charge in [0.15, 0.2) is 0 Å². The summed E-state index contributed by atoms with van der Waals surface area (Å²) in [6.45, 7) is 2.09. The van der Waals surface area contributed by atoms with Crippen molar-refractivity contribution in [3.63, 3.8) is 0 Å². The third-order valence-electron chi connectivity index (χ3n) is 3.72. The lowest BCUT2D eigenvalue weighted by atomic mass is 10.1. The highest BCUT2D eigenvalue weighted by Crippen LogP contribution is 2.32. The molecular formula is C17H15N3O. The van der Waals surface area contributed by atoms with Crippen molar-refractivity contribution in [3.8, 4) is 22.8 Å². The highest BCUT2D eigenvalue weighted by Gasteiger charge is 2.20. The molecule has 4 rings (SSSR count). The number of nitrogens with zero attached hydrogens (tertiary/aromatic N) is 3. The number of aromatic nitrogens is 3. The molecule has 1 aromatic carbocycles. The molecule has 0 N–H and O–H groups in total. The minimum absolute atomic E-state index is 0.258. The first-order valence-corrected chi connectivity index (χ1v) is 7.05. The average molecular weight is 277 g/mol. The molecule has 0 fully saturated rings. The predicted octanol–water partition coefficient (Wildman–Crippen LogP) is 3.26. The van der Waals surface area contributed by atoms with Crippen LogP contribution in [-0.2, 0) is 6.42 Å². The first-order valence-electron chi connectivity index (χ1n) is 7.05. The average Bonchev–Trinajstić information content (AvgIpc) is 3.12. The number of fused-ring (bicyclic) bond motifs is 1. The number of benzene rings is 1. The number of hydrogen-bond donors (Lipinski definition) is 0. The van der Waals surface area contributed by atoms with E-state index in [0.29, 0.717) is 0 Å². The van der Waals surface area contributed by atoms with Gasteiger partial charge >= 0.3 is 0 Å². The van der Waals surface area contributed by atoms with Crippen LogP contribution in [-0.4, -0.2) is 20.6 Å². The van der Waals surface area contributed by atoms with Crippen molar-refractivity contribution in [2.24, 2.45) is 0 Å². The van der Waals surface area contributed by atoms with Gasteiger partial charge in [0.25, 0.3) is 0 Å². The lowest BCUT2D eigenvalue weighted by Gasteiger charge is -2.08. The Bertz CT molecular complexity index is 780. The molecule has 21 heavy (non-hydrogen) atoms. The van der Waals surface area contributed by atoms with Gasteiger partial charge in [0, 0.05) is 30.6 Å². The Morgan fingerprint density at radius 3 is 3.05 bits per heavy atom. The summed E-state index contributed by atoms with van der Waals surface area (Å²) in [5, 5.41) is 0. The highest BCUT2D eigenvalue weighted by molar-refractivity contribution is 5.62. The molecule has 0 spiro atoms. The Morgan fingerprint density at radius 2 is 2.19 bits per heavy atom. The second-order valence-corrected chi connectivity index (χ2v) is 5.29. The van der Waals surface area contributed by atoms with E-state index in [0.717, 1.165) is 29.2 Å². The molecule has 0 aliphatic carbocycles. The summed E-state index contributed by atoms with van der Waals surface area (Å²) in [6.07, 6.45) is 8.59. The van der Waals surface area contributed by atoms with Crippen molar-refractivity contribution in [1.29, 1.82) is 0 Å². The fourth-order valence-corrected chi connectivity index (χ4v) is 2.78. The van der Waals surface area contributed by atoms with Crippen LogP contribution in [0.3, 0.4) is 0 Å². The number of pyridine rings is 1. The molecule has 0 amide bonds. The van der Waals surface area contributed by atoms with Crippen molar-refractivity contribution in [1.82, 2.24) is 14.5 Å². The number of imidazole rings is 1. The molecule has 3 heterocycles. The molecule has 0 saturated carbocycles. The zero-order valence-electron chi connectivity index (χ0n) is 11.7. The Balaban J connectivity index is 1.79. The quantitative estimate of drug-likeness (QED) is 0.722. The maximum Gasteiger partial charge on any atom is 0.144 e. The number of hydrogen-bond acceptors (Lipinski definition) is 3. The second-order valence-electron chi connectivity index (χ2n) is 5.29. The van der Waals surface area contributed by atoms with Gasteiger partial charge in [0.05, 0.1) is 11.9 Å². The Morgan fingerprint density at radius 1 is 1.24 bits per heavy atom. The van der Waals surface area contributed by atoms with Crippen molar-refractivity contribution in [2.45, 2.75) is 19.4 Å². The van der Waals surface area contributed by atoms with Crippen LogP contribution in [0.25, 0.3) is 17.1 Å². The monoisotopic (exact) mass is 277 g/mol. The molecule has 0 radical (unpaired) electrons. The van der Waals surface area contributed by atoms with Crippen LogP contribution >= 0.6 is 0 Å². The lowest BCUT2D eigenvalue weighted by Crippen LogP contribution is -2.05. The molecule has 0 unspecified atom stereocenters. The smallest absolute Gasteiger partial charge is 0.144 e. The zero-order chi connectivity index (χ0) is 14.2. The maximum absolute atomic E-state index is 5.76. The van der Waals surface area contributed by atoms with E-state index in [9.17, 15) is 0 Å². The topological polar surface area (TPSA) is 39.9 Å². The molecular weight excluding hydrogens is 262 g/mol. The molecule has 2 aromatic heterocycles. The van der Waals surface area contributed by atoms with Gasteiger partial charge in [-0.15, -0.1) is 0 Å². The van der Waals surface area contributed by atoms with E-state index < -0.39 is 0 Å². The van der Waals surface area contributed by atoms with Crippen LogP contribution in [0.2, 0.25) is 0 Å². The third-order valence-corrected chi connectivity index (χ3v) is 3.72. The van der Waals surface area contributed by atoms with E-state index in [1.165, 1.54) is 5.56 Å². The standard InChI is InChI=1S/C17H15N3O/c1-12-9-14-10-13(4-5-16(14)21-12)17-19-7-8-20(17)15-3-2-6-18-11-15/h2-8,10-12H,9H2,1H3/t12-/m1/s1. The molecule has 4 heteroatoms. The predicted molar refractivity (Wildman–Crippen MR) is 80.6 cm³/mol. The van der Waals surface area contributed by atoms with Crippen LogP contribution < -0.4 is 4.74 Å². The fourth-order valence-electron chi connectivity index (χ4n) is 2.78. The second kappa shape index (κ2) is 4.74. The van der Waals surface area contributed by atoms with Gasteiger partial charge in [0.2, 0.25) is 0 Å². The van der Waals surface area contributed by atoms with Crippen LogP contribution in [0.15, 0.2) is 55.1 Å². The van der Waals surface area contributed by atoms with Gasteiger partial charge in [-0.25, -0.2) is 4.98 Å². The van der Waals surface area contributed by atoms with Crippen molar-refractivity contribution in [3.05, 3.63) is 60.7 Å². The maximum atomic E-state index is 5.76. The summed E-state index contributed by atoms with van der Waals surface area (Å²) in [7, 11) is 0. The first-order chi connectivity index (χ1) is 10.3. The third kappa shape index (κ3) is 2.09. The normalized spacial score (nSPS) is 16.5. The van der Waals surface area contributed by atoms with Gasteiger partial charge < -0.3 is 4.74 Å². The van der Waals surface area contributed by atoms with Crippen LogP contribution in [0.1, 0.15) is 12.5 Å². The van der Waals surface area contributed by atoms with Gasteiger partial charge in [-0.05, 0) is 42.8 Å². The molecule has 0 saturated heterocycles. The van der Waals surface area contributed by atoms with E-state index >= 15 is 0 Å². The van der Waals surface area contributed by atoms with Crippen LogP contribution in [0.4, 0.5) is 0 Å². The minimum atomic E-state index is 0.258. The van der Waals surface area contributed by atoms with Gasteiger partial charge in [-0.3, -0.25) is 9.55 Å².